The summed E-state index contributed by atoms with van der Waals surface area (Å²) >= 11 is 0. The third kappa shape index (κ3) is 4.59. The summed E-state index contributed by atoms with van der Waals surface area (Å²) < 4.78 is 4.14. The molecule has 0 aromatic carbocycles. The molecule has 3 aromatic heterocycles. The summed E-state index contributed by atoms with van der Waals surface area (Å²) in [5.74, 6) is 2.70. The number of unbranched alkanes of at least 4 members (excludes halogenated alkanes) is 1. The highest BCUT2D eigenvalue weighted by molar-refractivity contribution is 5.79. The van der Waals surface area contributed by atoms with E-state index in [0.717, 1.165) is 55.7 Å². The van der Waals surface area contributed by atoms with Gasteiger partial charge in [-0.2, -0.15) is 0 Å². The Morgan fingerprint density at radius 2 is 2.08 bits per heavy atom. The van der Waals surface area contributed by atoms with Crippen molar-refractivity contribution in [3.05, 3.63) is 48.4 Å². The fourth-order valence-electron chi connectivity index (χ4n) is 2.74. The first-order chi connectivity index (χ1) is 12.8. The Balaban J connectivity index is 1.48. The first-order valence-electron chi connectivity index (χ1n) is 9.06. The third-order valence-corrected chi connectivity index (χ3v) is 4.15. The van der Waals surface area contributed by atoms with Crippen LogP contribution in [-0.2, 0) is 13.1 Å². The minimum absolute atomic E-state index is 0.481. The number of aromatic nitrogens is 5. The number of nitrogens with one attached hydrogen (secondary N) is 2. The van der Waals surface area contributed by atoms with Crippen molar-refractivity contribution in [1.82, 2.24) is 34.8 Å². The van der Waals surface area contributed by atoms with Crippen LogP contribution in [-0.4, -0.2) is 43.2 Å². The molecule has 0 amide bonds. The maximum Gasteiger partial charge on any atom is 0.191 e. The van der Waals surface area contributed by atoms with E-state index >= 15 is 0 Å². The lowest BCUT2D eigenvalue weighted by Crippen LogP contribution is -2.37. The van der Waals surface area contributed by atoms with Gasteiger partial charge in [0, 0.05) is 38.2 Å². The van der Waals surface area contributed by atoms with Crippen LogP contribution in [0.5, 0.6) is 0 Å². The molecule has 0 bridgehead atoms. The molecule has 0 aliphatic rings. The van der Waals surface area contributed by atoms with Gasteiger partial charge in [-0.1, -0.05) is 6.07 Å². The standard InChI is InChI=1S/C18H26N8/c1-3-19-18(21-9-5-7-11-25-13-10-20-15(25)2)22-14-17-24-23-16-8-4-6-12-26(16)17/h4,6,8,10,12-13H,3,5,7,9,11,14H2,1-2H3,(H2,19,21,22). The predicted molar refractivity (Wildman–Crippen MR) is 102 cm³/mol. The Labute approximate surface area is 153 Å². The fourth-order valence-corrected chi connectivity index (χ4v) is 2.74. The number of rotatable bonds is 8. The molecule has 0 atom stereocenters. The average molecular weight is 354 g/mol. The summed E-state index contributed by atoms with van der Waals surface area (Å²) in [6.07, 6.45) is 7.99. The van der Waals surface area contributed by atoms with Crippen LogP contribution < -0.4 is 10.6 Å². The van der Waals surface area contributed by atoms with E-state index in [2.05, 4.69) is 42.3 Å². The van der Waals surface area contributed by atoms with Crippen molar-refractivity contribution < 1.29 is 0 Å². The lowest BCUT2D eigenvalue weighted by molar-refractivity contribution is 0.588. The highest BCUT2D eigenvalue weighted by Crippen LogP contribution is 2.04. The summed E-state index contributed by atoms with van der Waals surface area (Å²) in [6.45, 7) is 7.26. The Kier molecular flexibility index (Phi) is 6.19. The minimum atomic E-state index is 0.481. The number of imidazole rings is 1. The molecule has 0 aliphatic carbocycles. The lowest BCUT2D eigenvalue weighted by atomic mass is 10.3. The minimum Gasteiger partial charge on any atom is -0.357 e. The van der Waals surface area contributed by atoms with Crippen LogP contribution in [0.2, 0.25) is 0 Å². The molecule has 0 saturated heterocycles. The SMILES string of the molecule is CCNC(=NCc1nnc2ccccn12)NCCCCn1ccnc1C. The highest BCUT2D eigenvalue weighted by Gasteiger charge is 2.04. The van der Waals surface area contributed by atoms with E-state index in [1.165, 1.54) is 0 Å². The largest absolute Gasteiger partial charge is 0.357 e. The normalized spacial score (nSPS) is 11.8. The number of aryl methyl sites for hydroxylation is 2. The number of pyridine rings is 1. The maximum absolute atomic E-state index is 4.62. The van der Waals surface area contributed by atoms with Gasteiger partial charge in [-0.25, -0.2) is 9.98 Å². The second kappa shape index (κ2) is 8.98. The molecule has 3 rings (SSSR count). The number of guanidine groups is 1. The number of fused-ring (bicyclic) bond motifs is 1. The van der Waals surface area contributed by atoms with Crippen molar-refractivity contribution in [2.45, 2.75) is 39.8 Å². The van der Waals surface area contributed by atoms with Gasteiger partial charge in [0.1, 0.15) is 12.4 Å². The second-order valence-corrected chi connectivity index (χ2v) is 6.04. The lowest BCUT2D eigenvalue weighted by Gasteiger charge is -2.11. The number of nitrogens with zero attached hydrogens (tertiary/aromatic N) is 6. The molecule has 138 valence electrons. The summed E-state index contributed by atoms with van der Waals surface area (Å²) in [5.41, 5.74) is 0.838. The smallest absolute Gasteiger partial charge is 0.191 e. The zero-order chi connectivity index (χ0) is 18.2. The molecule has 2 N–H and O–H groups in total. The Bertz CT molecular complexity index is 848. The van der Waals surface area contributed by atoms with E-state index < -0.39 is 0 Å². The van der Waals surface area contributed by atoms with Gasteiger partial charge in [0.2, 0.25) is 0 Å². The summed E-state index contributed by atoms with van der Waals surface area (Å²) in [4.78, 5) is 8.87. The highest BCUT2D eigenvalue weighted by atomic mass is 15.3. The van der Waals surface area contributed by atoms with Gasteiger partial charge in [0.05, 0.1) is 0 Å². The van der Waals surface area contributed by atoms with Crippen molar-refractivity contribution >= 4 is 11.6 Å². The molecule has 8 nitrogen and oxygen atoms in total. The van der Waals surface area contributed by atoms with Crippen molar-refractivity contribution in [2.24, 2.45) is 4.99 Å². The van der Waals surface area contributed by atoms with Gasteiger partial charge in [-0.15, -0.1) is 10.2 Å². The van der Waals surface area contributed by atoms with E-state index in [1.54, 1.807) is 0 Å². The van der Waals surface area contributed by atoms with Crippen LogP contribution in [0.15, 0.2) is 41.8 Å². The van der Waals surface area contributed by atoms with E-state index in [1.807, 2.05) is 48.1 Å². The fraction of sp³-hybridized carbons (Fsp3) is 0.444. The zero-order valence-corrected chi connectivity index (χ0v) is 15.4. The topological polar surface area (TPSA) is 84.4 Å². The zero-order valence-electron chi connectivity index (χ0n) is 15.4. The predicted octanol–water partition coefficient (Wildman–Crippen LogP) is 1.77. The molecule has 0 fully saturated rings. The summed E-state index contributed by atoms with van der Waals surface area (Å²) in [6, 6.07) is 5.86. The van der Waals surface area contributed by atoms with Gasteiger partial charge in [0.25, 0.3) is 0 Å². The third-order valence-electron chi connectivity index (χ3n) is 4.15. The van der Waals surface area contributed by atoms with Gasteiger partial charge in [-0.3, -0.25) is 4.40 Å². The second-order valence-electron chi connectivity index (χ2n) is 6.04. The number of hydrogen-bond acceptors (Lipinski definition) is 4. The Hall–Kier alpha value is -2.90. The Morgan fingerprint density at radius 3 is 2.88 bits per heavy atom. The van der Waals surface area contributed by atoms with E-state index in [4.69, 9.17) is 0 Å². The molecule has 0 aliphatic heterocycles. The van der Waals surface area contributed by atoms with Gasteiger partial charge in [-0.05, 0) is 38.8 Å². The molecular weight excluding hydrogens is 328 g/mol. The molecule has 0 spiro atoms. The first-order valence-corrected chi connectivity index (χ1v) is 9.06. The van der Waals surface area contributed by atoms with Crippen molar-refractivity contribution in [3.63, 3.8) is 0 Å². The van der Waals surface area contributed by atoms with Crippen molar-refractivity contribution in [1.29, 1.82) is 0 Å². The average Bonchev–Trinajstić information content (AvgIpc) is 3.25. The van der Waals surface area contributed by atoms with Crippen LogP contribution in [0.25, 0.3) is 5.65 Å². The molecule has 3 heterocycles. The van der Waals surface area contributed by atoms with E-state index in [9.17, 15) is 0 Å². The number of aliphatic imine (C=N–C) groups is 1. The molecule has 0 unspecified atom stereocenters. The molecular formula is C18H26N8. The van der Waals surface area contributed by atoms with Crippen molar-refractivity contribution in [3.8, 4) is 0 Å². The van der Waals surface area contributed by atoms with Gasteiger partial charge in [0.15, 0.2) is 17.4 Å². The first kappa shape index (κ1) is 17.9. The monoisotopic (exact) mass is 354 g/mol. The van der Waals surface area contributed by atoms with Gasteiger partial charge < -0.3 is 15.2 Å². The quantitative estimate of drug-likeness (QED) is 0.366. The number of hydrogen-bond donors (Lipinski definition) is 2. The Morgan fingerprint density at radius 1 is 1.15 bits per heavy atom. The molecule has 0 radical (unpaired) electrons. The summed E-state index contributed by atoms with van der Waals surface area (Å²) in [5, 5.41) is 15.0. The van der Waals surface area contributed by atoms with Gasteiger partial charge >= 0.3 is 0 Å². The van der Waals surface area contributed by atoms with Crippen LogP contribution in [0.3, 0.4) is 0 Å². The van der Waals surface area contributed by atoms with Crippen LogP contribution in [0.4, 0.5) is 0 Å². The molecule has 8 heteroatoms. The van der Waals surface area contributed by atoms with Crippen LogP contribution >= 0.6 is 0 Å². The van der Waals surface area contributed by atoms with E-state index in [-0.39, 0.29) is 0 Å². The van der Waals surface area contributed by atoms with Crippen LogP contribution in [0.1, 0.15) is 31.4 Å². The maximum atomic E-state index is 4.62. The van der Waals surface area contributed by atoms with E-state index in [0.29, 0.717) is 6.54 Å². The molecule has 0 saturated carbocycles. The molecule has 3 aromatic rings. The molecule has 26 heavy (non-hydrogen) atoms. The van der Waals surface area contributed by atoms with Crippen molar-refractivity contribution in [2.75, 3.05) is 13.1 Å². The van der Waals surface area contributed by atoms with Crippen LogP contribution in [0, 0.1) is 6.92 Å². The summed E-state index contributed by atoms with van der Waals surface area (Å²) in [7, 11) is 0.